The summed E-state index contributed by atoms with van der Waals surface area (Å²) in [6.45, 7) is 0. The smallest absolute Gasteiger partial charge is 0.184 e. The highest BCUT2D eigenvalue weighted by Gasteiger charge is 1.80. The summed E-state index contributed by atoms with van der Waals surface area (Å²) in [5, 5.41) is 0. The van der Waals surface area contributed by atoms with Crippen molar-refractivity contribution in [2.24, 2.45) is 0 Å². The molecule has 0 aromatic heterocycles. The van der Waals surface area contributed by atoms with Crippen LogP contribution in [0.3, 0.4) is 0 Å². The molecule has 0 heterocycles. The first-order valence-corrected chi connectivity index (χ1v) is 5.03. The minimum atomic E-state index is -0.403. The second kappa shape index (κ2) is 4.88. The third-order valence-corrected chi connectivity index (χ3v) is 2.13. The summed E-state index contributed by atoms with van der Waals surface area (Å²) < 4.78 is 5.02. The highest BCUT2D eigenvalue weighted by molar-refractivity contribution is 6.35. The molecule has 0 spiro atoms. The molecule has 0 aliphatic carbocycles. The Bertz CT molecular complexity index is 218. The van der Waals surface area contributed by atoms with Crippen LogP contribution in [0.4, 0.5) is 0 Å². The molecule has 1 aromatic carbocycles. The molecular formula is C9H12OSi. The van der Waals surface area contributed by atoms with E-state index in [1.165, 1.54) is 5.56 Å². The lowest BCUT2D eigenvalue weighted by Gasteiger charge is -1.90. The van der Waals surface area contributed by atoms with E-state index in [-0.39, 0.29) is 0 Å². The van der Waals surface area contributed by atoms with Crippen LogP contribution >= 0.6 is 0 Å². The normalized spacial score (nSPS) is 11.7. The number of benzene rings is 1. The molecule has 0 bridgehead atoms. The van der Waals surface area contributed by atoms with Gasteiger partial charge >= 0.3 is 0 Å². The molecule has 0 aliphatic heterocycles. The molecule has 1 rings (SSSR count). The van der Waals surface area contributed by atoms with Gasteiger partial charge in [0.15, 0.2) is 9.76 Å². The molecule has 0 N–H and O–H groups in total. The largest absolute Gasteiger partial charge is 0.422 e. The van der Waals surface area contributed by atoms with Crippen molar-refractivity contribution in [3.8, 4) is 0 Å². The Balaban J connectivity index is 2.50. The standard InChI is InChI=1S/C9H12OSi/c1-10-11-8-7-9-5-3-2-4-6-9/h2-8H,11H2,1H3. The van der Waals surface area contributed by atoms with E-state index in [2.05, 4.69) is 23.9 Å². The van der Waals surface area contributed by atoms with Gasteiger partial charge in [-0.25, -0.2) is 0 Å². The average Bonchev–Trinajstić information content (AvgIpc) is 2.07. The Hall–Kier alpha value is -0.863. The van der Waals surface area contributed by atoms with Gasteiger partial charge in [-0.2, -0.15) is 0 Å². The predicted molar refractivity (Wildman–Crippen MR) is 51.0 cm³/mol. The van der Waals surface area contributed by atoms with Crippen LogP contribution in [0.2, 0.25) is 0 Å². The highest BCUT2D eigenvalue weighted by Crippen LogP contribution is 1.99. The van der Waals surface area contributed by atoms with Gasteiger partial charge in [-0.15, -0.1) is 0 Å². The molecule has 0 atom stereocenters. The van der Waals surface area contributed by atoms with E-state index in [4.69, 9.17) is 4.43 Å². The minimum absolute atomic E-state index is 0.403. The van der Waals surface area contributed by atoms with Crippen LogP contribution in [-0.2, 0) is 4.43 Å². The fraction of sp³-hybridized carbons (Fsp3) is 0.111. The lowest BCUT2D eigenvalue weighted by Crippen LogP contribution is -1.85. The SMILES string of the molecule is CO[SiH2]C=Cc1ccccc1. The van der Waals surface area contributed by atoms with Crippen LogP contribution in [0, 0.1) is 0 Å². The molecule has 58 valence electrons. The zero-order valence-corrected chi connectivity index (χ0v) is 8.07. The summed E-state index contributed by atoms with van der Waals surface area (Å²) >= 11 is 0. The molecular weight excluding hydrogens is 152 g/mol. The molecule has 0 aliphatic rings. The maximum atomic E-state index is 5.02. The summed E-state index contributed by atoms with van der Waals surface area (Å²) in [6, 6.07) is 10.3. The maximum Gasteiger partial charge on any atom is 0.184 e. The van der Waals surface area contributed by atoms with Gasteiger partial charge in [-0.3, -0.25) is 0 Å². The van der Waals surface area contributed by atoms with E-state index >= 15 is 0 Å². The van der Waals surface area contributed by atoms with Crippen molar-refractivity contribution in [3.05, 3.63) is 41.6 Å². The van der Waals surface area contributed by atoms with Crippen molar-refractivity contribution in [2.75, 3.05) is 7.11 Å². The number of rotatable bonds is 3. The first-order valence-electron chi connectivity index (χ1n) is 3.64. The quantitative estimate of drug-likeness (QED) is 0.613. The minimum Gasteiger partial charge on any atom is -0.422 e. The van der Waals surface area contributed by atoms with Gasteiger partial charge in [-0.1, -0.05) is 42.1 Å². The molecule has 0 unspecified atom stereocenters. The lowest BCUT2D eigenvalue weighted by molar-refractivity contribution is 0.450. The summed E-state index contributed by atoms with van der Waals surface area (Å²) in [7, 11) is 1.35. The monoisotopic (exact) mass is 164 g/mol. The van der Waals surface area contributed by atoms with Crippen molar-refractivity contribution in [2.45, 2.75) is 0 Å². The second-order valence-electron chi connectivity index (χ2n) is 2.27. The molecule has 2 heteroatoms. The van der Waals surface area contributed by atoms with E-state index in [1.54, 1.807) is 7.11 Å². The topological polar surface area (TPSA) is 9.23 Å². The Morgan fingerprint density at radius 1 is 1.27 bits per heavy atom. The van der Waals surface area contributed by atoms with E-state index in [0.29, 0.717) is 0 Å². The van der Waals surface area contributed by atoms with Crippen LogP contribution in [0.15, 0.2) is 36.0 Å². The van der Waals surface area contributed by atoms with E-state index in [9.17, 15) is 0 Å². The van der Waals surface area contributed by atoms with Gasteiger partial charge in [0.1, 0.15) is 0 Å². The van der Waals surface area contributed by atoms with Crippen LogP contribution in [0.5, 0.6) is 0 Å². The van der Waals surface area contributed by atoms with Gasteiger partial charge in [0, 0.05) is 7.11 Å². The van der Waals surface area contributed by atoms with E-state index in [0.717, 1.165) is 0 Å². The molecule has 0 radical (unpaired) electrons. The van der Waals surface area contributed by atoms with Crippen molar-refractivity contribution in [1.29, 1.82) is 0 Å². The zero-order chi connectivity index (χ0) is 7.94. The molecule has 11 heavy (non-hydrogen) atoms. The fourth-order valence-electron chi connectivity index (χ4n) is 0.845. The Labute approximate surface area is 69.6 Å². The maximum absolute atomic E-state index is 5.02. The third-order valence-electron chi connectivity index (χ3n) is 1.37. The summed E-state index contributed by atoms with van der Waals surface area (Å²) in [4.78, 5) is 0. The second-order valence-corrected chi connectivity index (χ2v) is 3.65. The van der Waals surface area contributed by atoms with Crippen molar-refractivity contribution in [1.82, 2.24) is 0 Å². The Morgan fingerprint density at radius 2 is 2.00 bits per heavy atom. The van der Waals surface area contributed by atoms with Gasteiger partial charge in [0.25, 0.3) is 0 Å². The van der Waals surface area contributed by atoms with E-state index < -0.39 is 9.76 Å². The zero-order valence-electron chi connectivity index (χ0n) is 6.66. The summed E-state index contributed by atoms with van der Waals surface area (Å²) in [5.74, 6) is 0. The lowest BCUT2D eigenvalue weighted by atomic mass is 10.2. The first kappa shape index (κ1) is 8.24. The van der Waals surface area contributed by atoms with Gasteiger partial charge in [-0.05, 0) is 5.56 Å². The highest BCUT2D eigenvalue weighted by atomic mass is 28.2. The predicted octanol–water partition coefficient (Wildman–Crippen LogP) is 1.39. The van der Waals surface area contributed by atoms with Crippen molar-refractivity contribution >= 4 is 15.8 Å². The summed E-state index contributed by atoms with van der Waals surface area (Å²) in [6.07, 6.45) is 2.11. The Kier molecular flexibility index (Phi) is 3.65. The molecule has 1 aromatic rings. The molecule has 0 saturated heterocycles. The molecule has 1 nitrogen and oxygen atoms in total. The third kappa shape index (κ3) is 3.16. The van der Waals surface area contributed by atoms with Crippen LogP contribution in [-0.4, -0.2) is 16.9 Å². The number of hydrogen-bond acceptors (Lipinski definition) is 1. The average molecular weight is 164 g/mol. The molecule has 0 fully saturated rings. The van der Waals surface area contributed by atoms with Crippen molar-refractivity contribution in [3.63, 3.8) is 0 Å². The van der Waals surface area contributed by atoms with Gasteiger partial charge in [0.05, 0.1) is 0 Å². The first-order chi connectivity index (χ1) is 5.43. The van der Waals surface area contributed by atoms with Gasteiger partial charge < -0.3 is 4.43 Å². The number of hydrogen-bond donors (Lipinski definition) is 0. The van der Waals surface area contributed by atoms with Crippen LogP contribution < -0.4 is 0 Å². The van der Waals surface area contributed by atoms with E-state index in [1.807, 2.05) is 18.2 Å². The molecule has 0 amide bonds. The van der Waals surface area contributed by atoms with Crippen LogP contribution in [0.25, 0.3) is 6.08 Å². The Morgan fingerprint density at radius 3 is 2.64 bits per heavy atom. The van der Waals surface area contributed by atoms with Crippen LogP contribution in [0.1, 0.15) is 5.56 Å². The summed E-state index contributed by atoms with van der Waals surface area (Å²) in [5.41, 5.74) is 3.38. The molecule has 0 saturated carbocycles. The van der Waals surface area contributed by atoms with Crippen molar-refractivity contribution < 1.29 is 4.43 Å². The fourth-order valence-corrected chi connectivity index (χ4v) is 1.41. The van der Waals surface area contributed by atoms with Gasteiger partial charge in [0.2, 0.25) is 0 Å².